The highest BCUT2D eigenvalue weighted by Crippen LogP contribution is 2.55. The molecular formula is C47H36. The van der Waals surface area contributed by atoms with Gasteiger partial charge in [-0.05, 0) is 124 Å². The number of hydrogen-bond donors (Lipinski definition) is 0. The van der Waals surface area contributed by atoms with Crippen molar-refractivity contribution < 1.29 is 0 Å². The Labute approximate surface area is 276 Å². The summed E-state index contributed by atoms with van der Waals surface area (Å²) in [5, 5.41) is 10.9. The van der Waals surface area contributed by atoms with Crippen LogP contribution in [0.1, 0.15) is 48.9 Å². The van der Waals surface area contributed by atoms with Gasteiger partial charge in [-0.1, -0.05) is 147 Å². The SMILES string of the molecule is CC1(C)c2ccc(C3=c4ccccc4=C(c4ccc5ccccc5c4)C4CC=CCC34)cc2-c2c1c1ccccc1c1ccccc21. The maximum atomic E-state index is 2.56. The second kappa shape index (κ2) is 9.90. The highest BCUT2D eigenvalue weighted by Gasteiger charge is 2.40. The molecule has 47 heavy (non-hydrogen) atoms. The van der Waals surface area contributed by atoms with Crippen molar-refractivity contribution in [1.29, 1.82) is 0 Å². The average Bonchev–Trinajstić information content (AvgIpc) is 3.36. The summed E-state index contributed by atoms with van der Waals surface area (Å²) in [4.78, 5) is 0. The van der Waals surface area contributed by atoms with Crippen molar-refractivity contribution in [2.45, 2.75) is 32.1 Å². The normalized spacial score (nSPS) is 19.1. The largest absolute Gasteiger partial charge is 0.0879 e. The lowest BCUT2D eigenvalue weighted by atomic mass is 9.67. The van der Waals surface area contributed by atoms with Gasteiger partial charge in [-0.25, -0.2) is 0 Å². The predicted molar refractivity (Wildman–Crippen MR) is 199 cm³/mol. The van der Waals surface area contributed by atoms with E-state index in [0.29, 0.717) is 11.8 Å². The molecule has 0 spiro atoms. The van der Waals surface area contributed by atoms with Crippen LogP contribution < -0.4 is 10.4 Å². The Bertz CT molecular complexity index is 2610. The van der Waals surface area contributed by atoms with Crippen LogP contribution in [0.25, 0.3) is 54.6 Å². The Morgan fingerprint density at radius 2 is 1.02 bits per heavy atom. The van der Waals surface area contributed by atoms with Crippen molar-refractivity contribution in [2.24, 2.45) is 11.8 Å². The molecule has 0 heteroatoms. The molecule has 224 valence electrons. The van der Waals surface area contributed by atoms with E-state index in [2.05, 4.69) is 159 Å². The van der Waals surface area contributed by atoms with Crippen LogP contribution in [-0.4, -0.2) is 0 Å². The summed E-state index contributed by atoms with van der Waals surface area (Å²) in [6.45, 7) is 4.85. The van der Waals surface area contributed by atoms with E-state index in [4.69, 9.17) is 0 Å². The van der Waals surface area contributed by atoms with E-state index in [-0.39, 0.29) is 5.41 Å². The van der Waals surface area contributed by atoms with Crippen LogP contribution in [0.2, 0.25) is 0 Å². The van der Waals surface area contributed by atoms with Crippen molar-refractivity contribution >= 4 is 43.5 Å². The fourth-order valence-corrected chi connectivity index (χ4v) is 9.57. The van der Waals surface area contributed by atoms with Gasteiger partial charge in [-0.15, -0.1) is 0 Å². The molecule has 2 atom stereocenters. The molecule has 0 N–H and O–H groups in total. The summed E-state index contributed by atoms with van der Waals surface area (Å²) in [7, 11) is 0. The van der Waals surface area contributed by atoms with Gasteiger partial charge in [-0.2, -0.15) is 0 Å². The quantitative estimate of drug-likeness (QED) is 0.137. The maximum Gasteiger partial charge on any atom is 0.0165 e. The van der Waals surface area contributed by atoms with Crippen molar-refractivity contribution in [3.63, 3.8) is 0 Å². The second-order valence-electron chi connectivity index (χ2n) is 14.3. The highest BCUT2D eigenvalue weighted by atomic mass is 14.4. The van der Waals surface area contributed by atoms with Crippen LogP contribution in [0.4, 0.5) is 0 Å². The molecule has 7 aromatic rings. The maximum absolute atomic E-state index is 2.56. The zero-order valence-electron chi connectivity index (χ0n) is 26.9. The molecule has 3 aliphatic rings. The number of hydrogen-bond acceptors (Lipinski definition) is 0. The number of rotatable bonds is 2. The summed E-state index contributed by atoms with van der Waals surface area (Å²) in [6, 6.07) is 50.6. The molecule has 10 rings (SSSR count). The van der Waals surface area contributed by atoms with E-state index in [1.165, 1.54) is 87.3 Å². The Morgan fingerprint density at radius 1 is 0.489 bits per heavy atom. The summed E-state index contributed by atoms with van der Waals surface area (Å²) in [5.74, 6) is 0.865. The van der Waals surface area contributed by atoms with Crippen molar-refractivity contribution in [1.82, 2.24) is 0 Å². The van der Waals surface area contributed by atoms with E-state index in [0.717, 1.165) is 12.8 Å². The minimum Gasteiger partial charge on any atom is -0.0879 e. The fourth-order valence-electron chi connectivity index (χ4n) is 9.57. The Balaban J connectivity index is 1.28. The topological polar surface area (TPSA) is 0 Å². The zero-order chi connectivity index (χ0) is 31.3. The van der Waals surface area contributed by atoms with Crippen LogP contribution in [0, 0.1) is 11.8 Å². The molecule has 0 aromatic heterocycles. The lowest BCUT2D eigenvalue weighted by molar-refractivity contribution is 0.484. The van der Waals surface area contributed by atoms with Gasteiger partial charge < -0.3 is 0 Å². The van der Waals surface area contributed by atoms with E-state index in [9.17, 15) is 0 Å². The molecule has 0 fully saturated rings. The molecule has 0 nitrogen and oxygen atoms in total. The van der Waals surface area contributed by atoms with Crippen molar-refractivity contribution in [3.05, 3.63) is 178 Å². The Morgan fingerprint density at radius 3 is 1.72 bits per heavy atom. The minimum absolute atomic E-state index is 0.0882. The summed E-state index contributed by atoms with van der Waals surface area (Å²) in [6.07, 6.45) is 6.99. The van der Waals surface area contributed by atoms with Crippen molar-refractivity contribution in [2.75, 3.05) is 0 Å². The molecule has 0 amide bonds. The Hall–Kier alpha value is -5.20. The predicted octanol–water partition coefficient (Wildman–Crippen LogP) is 10.4. The van der Waals surface area contributed by atoms with E-state index in [1.54, 1.807) is 0 Å². The zero-order valence-corrected chi connectivity index (χ0v) is 26.9. The first-order valence-corrected chi connectivity index (χ1v) is 17.2. The molecule has 0 radical (unpaired) electrons. The van der Waals surface area contributed by atoms with Crippen LogP contribution in [-0.2, 0) is 5.41 Å². The van der Waals surface area contributed by atoms with Crippen molar-refractivity contribution in [3.8, 4) is 11.1 Å². The van der Waals surface area contributed by atoms with Crippen LogP contribution in [0.15, 0.2) is 146 Å². The van der Waals surface area contributed by atoms with E-state index < -0.39 is 0 Å². The lowest BCUT2D eigenvalue weighted by Crippen LogP contribution is -2.41. The van der Waals surface area contributed by atoms with Gasteiger partial charge in [0.15, 0.2) is 0 Å². The first-order valence-electron chi connectivity index (χ1n) is 17.2. The van der Waals surface area contributed by atoms with Crippen LogP contribution in [0.3, 0.4) is 0 Å². The minimum atomic E-state index is -0.0882. The summed E-state index contributed by atoms with van der Waals surface area (Å²) >= 11 is 0. The molecule has 0 saturated heterocycles. The standard InChI is InChI=1S/C47H36/c1-47(2)42-26-25-32(28-41(42)45-35-17-7-5-15-33(35)34-16-6-12-22-40(34)46(45)47)44-38-20-10-8-18-36(38)43(37-19-9-11-21-39(37)44)31-24-23-29-13-3-4-14-30(29)27-31/h3-18,20,22-28,37,39H,19,21H2,1-2H3. The highest BCUT2D eigenvalue weighted by molar-refractivity contribution is 6.18. The molecule has 0 heterocycles. The third-order valence-electron chi connectivity index (χ3n) is 11.6. The van der Waals surface area contributed by atoms with Gasteiger partial charge in [0.1, 0.15) is 0 Å². The number of benzene rings is 7. The fraction of sp³-hybridized carbons (Fsp3) is 0.149. The molecule has 0 aliphatic heterocycles. The number of fused-ring (bicyclic) bond motifs is 11. The lowest BCUT2D eigenvalue weighted by Gasteiger charge is -2.36. The third kappa shape index (κ3) is 3.76. The van der Waals surface area contributed by atoms with Crippen LogP contribution in [0.5, 0.6) is 0 Å². The molecular weight excluding hydrogens is 565 g/mol. The van der Waals surface area contributed by atoms with Gasteiger partial charge in [-0.3, -0.25) is 0 Å². The second-order valence-corrected chi connectivity index (χ2v) is 14.3. The van der Waals surface area contributed by atoms with E-state index in [1.807, 2.05) is 0 Å². The Kier molecular flexibility index (Phi) is 5.68. The molecule has 3 aliphatic carbocycles. The smallest absolute Gasteiger partial charge is 0.0165 e. The molecule has 2 unspecified atom stereocenters. The summed E-state index contributed by atoms with van der Waals surface area (Å²) < 4.78 is 0. The average molecular weight is 601 g/mol. The first-order chi connectivity index (χ1) is 23.1. The van der Waals surface area contributed by atoms with Gasteiger partial charge >= 0.3 is 0 Å². The molecule has 7 aromatic carbocycles. The molecule has 0 saturated carbocycles. The first kappa shape index (κ1) is 27.0. The summed E-state index contributed by atoms with van der Waals surface area (Å²) in [5.41, 5.74) is 11.4. The van der Waals surface area contributed by atoms with E-state index >= 15 is 0 Å². The third-order valence-corrected chi connectivity index (χ3v) is 11.6. The van der Waals surface area contributed by atoms with Gasteiger partial charge in [0, 0.05) is 5.41 Å². The van der Waals surface area contributed by atoms with Crippen LogP contribution >= 0.6 is 0 Å². The van der Waals surface area contributed by atoms with Gasteiger partial charge in [0.2, 0.25) is 0 Å². The monoisotopic (exact) mass is 600 g/mol. The molecule has 0 bridgehead atoms. The van der Waals surface area contributed by atoms with Gasteiger partial charge in [0.05, 0.1) is 0 Å². The number of allylic oxidation sites excluding steroid dienone is 2. The van der Waals surface area contributed by atoms with Gasteiger partial charge in [0.25, 0.3) is 0 Å².